The molecule has 0 bridgehead atoms. The summed E-state index contributed by atoms with van der Waals surface area (Å²) in [6.07, 6.45) is 0. The third-order valence-electron chi connectivity index (χ3n) is 1.90. The maximum Gasteiger partial charge on any atom is 0.252 e. The molecule has 0 radical (unpaired) electrons. The fourth-order valence-electron chi connectivity index (χ4n) is 1.03. The second kappa shape index (κ2) is 5.23. The van der Waals surface area contributed by atoms with E-state index in [1.807, 2.05) is 0 Å². The molecule has 1 atom stereocenters. The second-order valence-corrected chi connectivity index (χ2v) is 4.09. The summed E-state index contributed by atoms with van der Waals surface area (Å²) in [5.41, 5.74) is 5.64. The van der Waals surface area contributed by atoms with Gasteiger partial charge in [-0.05, 0) is 41.1 Å². The molecule has 0 heterocycles. The number of hydrogen-bond donors (Lipinski definition) is 2. The SMILES string of the molecule is C[C@H](CN)NC(=O)c1cc(F)ccc1Br. The van der Waals surface area contributed by atoms with E-state index in [4.69, 9.17) is 5.73 Å². The van der Waals surface area contributed by atoms with Crippen LogP contribution >= 0.6 is 15.9 Å². The van der Waals surface area contributed by atoms with Crippen LogP contribution in [0.25, 0.3) is 0 Å². The number of hydrogen-bond acceptors (Lipinski definition) is 2. The smallest absolute Gasteiger partial charge is 0.252 e. The summed E-state index contributed by atoms with van der Waals surface area (Å²) in [7, 11) is 0. The van der Waals surface area contributed by atoms with Gasteiger partial charge in [0.25, 0.3) is 5.91 Å². The first-order valence-corrected chi connectivity index (χ1v) is 5.30. The average Bonchev–Trinajstić information content (AvgIpc) is 2.21. The predicted octanol–water partition coefficient (Wildman–Crippen LogP) is 1.67. The minimum Gasteiger partial charge on any atom is -0.348 e. The van der Waals surface area contributed by atoms with Crippen LogP contribution in [0.4, 0.5) is 4.39 Å². The number of benzene rings is 1. The molecule has 1 aromatic carbocycles. The maximum absolute atomic E-state index is 12.9. The van der Waals surface area contributed by atoms with Crippen molar-refractivity contribution in [3.8, 4) is 0 Å². The van der Waals surface area contributed by atoms with Crippen LogP contribution in [0.2, 0.25) is 0 Å². The lowest BCUT2D eigenvalue weighted by molar-refractivity contribution is 0.0940. The monoisotopic (exact) mass is 274 g/mol. The van der Waals surface area contributed by atoms with Gasteiger partial charge in [-0.25, -0.2) is 4.39 Å². The summed E-state index contributed by atoms with van der Waals surface area (Å²) in [5, 5.41) is 2.65. The van der Waals surface area contributed by atoms with Gasteiger partial charge in [0.2, 0.25) is 0 Å². The molecule has 0 spiro atoms. The van der Waals surface area contributed by atoms with Crippen LogP contribution in [0.1, 0.15) is 17.3 Å². The summed E-state index contributed by atoms with van der Waals surface area (Å²) >= 11 is 3.18. The minimum absolute atomic E-state index is 0.132. The van der Waals surface area contributed by atoms with Crippen molar-refractivity contribution in [1.29, 1.82) is 0 Å². The molecule has 3 N–H and O–H groups in total. The zero-order valence-electron chi connectivity index (χ0n) is 8.26. The zero-order valence-corrected chi connectivity index (χ0v) is 9.84. The van der Waals surface area contributed by atoms with Gasteiger partial charge in [0.15, 0.2) is 0 Å². The lowest BCUT2D eigenvalue weighted by Gasteiger charge is -2.12. The van der Waals surface area contributed by atoms with E-state index in [1.54, 1.807) is 6.92 Å². The standard InChI is InChI=1S/C10H12BrFN2O/c1-6(5-13)14-10(15)8-4-7(12)2-3-9(8)11/h2-4,6H,5,13H2,1H3,(H,14,15)/t6-/m1/s1. The molecule has 1 rings (SSSR count). The Morgan fingerprint density at radius 3 is 2.93 bits per heavy atom. The summed E-state index contributed by atoms with van der Waals surface area (Å²) in [6, 6.07) is 3.83. The topological polar surface area (TPSA) is 55.1 Å². The molecule has 82 valence electrons. The largest absolute Gasteiger partial charge is 0.348 e. The van der Waals surface area contributed by atoms with Gasteiger partial charge in [-0.15, -0.1) is 0 Å². The van der Waals surface area contributed by atoms with Crippen LogP contribution < -0.4 is 11.1 Å². The predicted molar refractivity (Wildman–Crippen MR) is 60.1 cm³/mol. The molecule has 0 saturated heterocycles. The van der Waals surface area contributed by atoms with Gasteiger partial charge < -0.3 is 11.1 Å². The lowest BCUT2D eigenvalue weighted by Crippen LogP contribution is -2.37. The van der Waals surface area contributed by atoms with E-state index in [9.17, 15) is 9.18 Å². The van der Waals surface area contributed by atoms with Gasteiger partial charge in [-0.3, -0.25) is 4.79 Å². The normalized spacial score (nSPS) is 12.3. The minimum atomic E-state index is -0.441. The molecule has 1 amide bonds. The number of nitrogens with one attached hydrogen (secondary N) is 1. The Bertz CT molecular complexity index is 370. The molecule has 0 saturated carbocycles. The molecule has 0 aliphatic rings. The van der Waals surface area contributed by atoms with Crippen molar-refractivity contribution in [3.63, 3.8) is 0 Å². The van der Waals surface area contributed by atoms with Crippen molar-refractivity contribution in [3.05, 3.63) is 34.1 Å². The molecule has 5 heteroatoms. The third kappa shape index (κ3) is 3.28. The number of halogens is 2. The molecule has 0 aromatic heterocycles. The van der Waals surface area contributed by atoms with Crippen LogP contribution in [-0.4, -0.2) is 18.5 Å². The van der Waals surface area contributed by atoms with Crippen molar-refractivity contribution >= 4 is 21.8 Å². The Balaban J connectivity index is 2.86. The van der Waals surface area contributed by atoms with Crippen LogP contribution in [-0.2, 0) is 0 Å². The number of amides is 1. The summed E-state index contributed by atoms with van der Waals surface area (Å²) in [4.78, 5) is 11.6. The van der Waals surface area contributed by atoms with Crippen molar-refractivity contribution in [2.24, 2.45) is 5.73 Å². The van der Waals surface area contributed by atoms with E-state index in [1.165, 1.54) is 18.2 Å². The molecule has 0 unspecified atom stereocenters. The molecular formula is C10H12BrFN2O. The second-order valence-electron chi connectivity index (χ2n) is 3.23. The first-order chi connectivity index (χ1) is 7.04. The average molecular weight is 275 g/mol. The van der Waals surface area contributed by atoms with Crippen LogP contribution in [0.15, 0.2) is 22.7 Å². The first-order valence-electron chi connectivity index (χ1n) is 4.50. The van der Waals surface area contributed by atoms with Gasteiger partial charge in [-0.2, -0.15) is 0 Å². The zero-order chi connectivity index (χ0) is 11.4. The summed E-state index contributed by atoms with van der Waals surface area (Å²) < 4.78 is 13.5. The highest BCUT2D eigenvalue weighted by molar-refractivity contribution is 9.10. The van der Waals surface area contributed by atoms with Gasteiger partial charge in [-0.1, -0.05) is 0 Å². The Morgan fingerprint density at radius 1 is 1.67 bits per heavy atom. The Morgan fingerprint density at radius 2 is 2.33 bits per heavy atom. The highest BCUT2D eigenvalue weighted by Crippen LogP contribution is 2.17. The van der Waals surface area contributed by atoms with Gasteiger partial charge in [0.1, 0.15) is 5.82 Å². The number of nitrogens with two attached hydrogens (primary N) is 1. The van der Waals surface area contributed by atoms with E-state index in [-0.39, 0.29) is 17.5 Å². The number of rotatable bonds is 3. The van der Waals surface area contributed by atoms with Gasteiger partial charge in [0.05, 0.1) is 5.56 Å². The molecule has 0 aliphatic heterocycles. The van der Waals surface area contributed by atoms with Crippen molar-refractivity contribution in [2.75, 3.05) is 6.54 Å². The van der Waals surface area contributed by atoms with Gasteiger partial charge >= 0.3 is 0 Å². The highest BCUT2D eigenvalue weighted by Gasteiger charge is 2.12. The Labute approximate surface area is 96.0 Å². The highest BCUT2D eigenvalue weighted by atomic mass is 79.9. The molecule has 0 aliphatic carbocycles. The third-order valence-corrected chi connectivity index (χ3v) is 2.60. The fourth-order valence-corrected chi connectivity index (χ4v) is 1.46. The summed E-state index contributed by atoms with van der Waals surface area (Å²) in [6.45, 7) is 2.13. The molecule has 1 aromatic rings. The Kier molecular flexibility index (Phi) is 4.23. The number of carbonyl (C=O) groups is 1. The first kappa shape index (κ1) is 12.1. The quantitative estimate of drug-likeness (QED) is 0.881. The molecule has 0 fully saturated rings. The van der Waals surface area contributed by atoms with E-state index in [0.29, 0.717) is 11.0 Å². The maximum atomic E-state index is 12.9. The van der Waals surface area contributed by atoms with E-state index < -0.39 is 5.82 Å². The fraction of sp³-hybridized carbons (Fsp3) is 0.300. The molecule has 15 heavy (non-hydrogen) atoms. The Hall–Kier alpha value is -0.940. The van der Waals surface area contributed by atoms with Crippen LogP contribution in [0.5, 0.6) is 0 Å². The van der Waals surface area contributed by atoms with Crippen LogP contribution in [0, 0.1) is 5.82 Å². The van der Waals surface area contributed by atoms with Crippen LogP contribution in [0.3, 0.4) is 0 Å². The van der Waals surface area contributed by atoms with E-state index in [2.05, 4.69) is 21.2 Å². The number of carbonyl (C=O) groups excluding carboxylic acids is 1. The van der Waals surface area contributed by atoms with Crippen molar-refractivity contribution in [1.82, 2.24) is 5.32 Å². The summed E-state index contributed by atoms with van der Waals surface area (Å²) in [5.74, 6) is -0.775. The van der Waals surface area contributed by atoms with E-state index in [0.717, 1.165) is 0 Å². The van der Waals surface area contributed by atoms with Crippen molar-refractivity contribution < 1.29 is 9.18 Å². The van der Waals surface area contributed by atoms with E-state index >= 15 is 0 Å². The molecule has 3 nitrogen and oxygen atoms in total. The lowest BCUT2D eigenvalue weighted by atomic mass is 10.2. The van der Waals surface area contributed by atoms with Gasteiger partial charge in [0, 0.05) is 17.1 Å². The van der Waals surface area contributed by atoms with Crippen molar-refractivity contribution in [2.45, 2.75) is 13.0 Å². The molecular weight excluding hydrogens is 263 g/mol.